The van der Waals surface area contributed by atoms with Crippen LogP contribution in [0.15, 0.2) is 60.7 Å². The van der Waals surface area contributed by atoms with Crippen LogP contribution in [0.2, 0.25) is 0 Å². The Balaban J connectivity index is 1.41. The van der Waals surface area contributed by atoms with E-state index in [1.165, 1.54) is 28.5 Å². The second-order valence-electron chi connectivity index (χ2n) is 7.61. The summed E-state index contributed by atoms with van der Waals surface area (Å²) in [6.45, 7) is 4.60. The lowest BCUT2D eigenvalue weighted by Crippen LogP contribution is -2.47. The number of anilines is 1. The van der Waals surface area contributed by atoms with Crippen molar-refractivity contribution in [3.63, 3.8) is 0 Å². The highest BCUT2D eigenvalue weighted by Crippen LogP contribution is 2.25. The van der Waals surface area contributed by atoms with Gasteiger partial charge in [-0.2, -0.15) is 0 Å². The lowest BCUT2D eigenvalue weighted by atomic mass is 9.99. The minimum absolute atomic E-state index is 0.0432. The predicted octanol–water partition coefficient (Wildman–Crippen LogP) is 4.23. The van der Waals surface area contributed by atoms with Crippen molar-refractivity contribution in [2.45, 2.75) is 19.1 Å². The van der Waals surface area contributed by atoms with Crippen molar-refractivity contribution in [3.8, 4) is 0 Å². The third-order valence-corrected chi connectivity index (χ3v) is 5.63. The van der Waals surface area contributed by atoms with E-state index in [-0.39, 0.29) is 17.7 Å². The van der Waals surface area contributed by atoms with Crippen LogP contribution in [-0.2, 0) is 4.74 Å². The van der Waals surface area contributed by atoms with Crippen molar-refractivity contribution in [1.29, 1.82) is 0 Å². The van der Waals surface area contributed by atoms with Crippen molar-refractivity contribution >= 4 is 22.4 Å². The Hall–Kier alpha value is -2.96. The number of hydrogen-bond donors (Lipinski definition) is 2. The van der Waals surface area contributed by atoms with Gasteiger partial charge in [0.15, 0.2) is 0 Å². The molecule has 1 heterocycles. The number of carbonyl (C=O) groups is 1. The van der Waals surface area contributed by atoms with Crippen LogP contribution in [0, 0.1) is 5.82 Å². The smallest absolute Gasteiger partial charge is 0.338 e. The molecule has 1 aliphatic rings. The van der Waals surface area contributed by atoms with Crippen molar-refractivity contribution in [2.24, 2.45) is 0 Å². The fourth-order valence-corrected chi connectivity index (χ4v) is 4.00. The summed E-state index contributed by atoms with van der Waals surface area (Å²) in [6, 6.07) is 19.1. The average molecular weight is 408 g/mol. The molecule has 1 fully saturated rings. The van der Waals surface area contributed by atoms with Crippen molar-refractivity contribution < 1.29 is 19.0 Å². The molecule has 4 rings (SSSR count). The van der Waals surface area contributed by atoms with Gasteiger partial charge in [0.05, 0.1) is 18.3 Å². The highest BCUT2D eigenvalue weighted by molar-refractivity contribution is 5.88. The number of carboxylic acid groups (broad SMARTS) is 1. The standard InChI is InChI=1S/C24H25FN2O3/c1-16(20-8-4-6-17-5-2-3-7-21(17)20)26-14-19-15-27(11-12-30-19)18-9-10-22(24(28)29)23(25)13-18/h2-10,13,16,19,26H,11-12,14-15H2,1H3,(H,28,29)/t16-,19?/m1/s1. The molecule has 1 aliphatic heterocycles. The summed E-state index contributed by atoms with van der Waals surface area (Å²) in [6.07, 6.45) is -0.0432. The molecular formula is C24H25FN2O3. The third kappa shape index (κ3) is 4.30. The molecule has 0 bridgehead atoms. The Labute approximate surface area is 175 Å². The first-order valence-electron chi connectivity index (χ1n) is 10.1. The molecule has 3 aromatic rings. The van der Waals surface area contributed by atoms with Gasteiger partial charge < -0.3 is 20.1 Å². The maximum atomic E-state index is 14.1. The molecule has 1 unspecified atom stereocenters. The number of ether oxygens (including phenoxy) is 1. The Morgan fingerprint density at radius 3 is 2.83 bits per heavy atom. The maximum Gasteiger partial charge on any atom is 0.338 e. The van der Waals surface area contributed by atoms with Gasteiger partial charge in [0.25, 0.3) is 0 Å². The molecule has 5 nitrogen and oxygen atoms in total. The monoisotopic (exact) mass is 408 g/mol. The van der Waals surface area contributed by atoms with Crippen LogP contribution >= 0.6 is 0 Å². The van der Waals surface area contributed by atoms with Crippen molar-refractivity contribution in [1.82, 2.24) is 5.32 Å². The molecule has 1 saturated heterocycles. The van der Waals surface area contributed by atoms with Crippen molar-refractivity contribution in [3.05, 3.63) is 77.6 Å². The fourth-order valence-electron chi connectivity index (χ4n) is 4.00. The summed E-state index contributed by atoms with van der Waals surface area (Å²) in [5.41, 5.74) is 1.61. The lowest BCUT2D eigenvalue weighted by molar-refractivity contribution is 0.0394. The van der Waals surface area contributed by atoms with Gasteiger partial charge in [0, 0.05) is 31.4 Å². The zero-order valence-electron chi connectivity index (χ0n) is 16.8. The molecule has 2 N–H and O–H groups in total. The first-order valence-corrected chi connectivity index (χ1v) is 10.1. The molecule has 3 aromatic carbocycles. The second-order valence-corrected chi connectivity index (χ2v) is 7.61. The Kier molecular flexibility index (Phi) is 5.97. The summed E-state index contributed by atoms with van der Waals surface area (Å²) >= 11 is 0. The zero-order chi connectivity index (χ0) is 21.1. The molecule has 156 valence electrons. The van der Waals surface area contributed by atoms with E-state index < -0.39 is 11.8 Å². The van der Waals surface area contributed by atoms with E-state index in [2.05, 4.69) is 48.6 Å². The van der Waals surface area contributed by atoms with Crippen LogP contribution < -0.4 is 10.2 Å². The molecule has 30 heavy (non-hydrogen) atoms. The number of fused-ring (bicyclic) bond motifs is 1. The molecule has 0 aliphatic carbocycles. The van der Waals surface area contributed by atoms with E-state index in [1.807, 2.05) is 11.0 Å². The van der Waals surface area contributed by atoms with Crippen LogP contribution in [0.5, 0.6) is 0 Å². The fraction of sp³-hybridized carbons (Fsp3) is 0.292. The highest BCUT2D eigenvalue weighted by atomic mass is 19.1. The molecule has 0 spiro atoms. The lowest BCUT2D eigenvalue weighted by Gasteiger charge is -2.35. The molecule has 2 atom stereocenters. The quantitative estimate of drug-likeness (QED) is 0.639. The van der Waals surface area contributed by atoms with Gasteiger partial charge in [-0.1, -0.05) is 42.5 Å². The molecule has 0 amide bonds. The van der Waals surface area contributed by atoms with Gasteiger partial charge in [-0.25, -0.2) is 9.18 Å². The van der Waals surface area contributed by atoms with E-state index in [4.69, 9.17) is 9.84 Å². The maximum absolute atomic E-state index is 14.1. The van der Waals surface area contributed by atoms with E-state index in [1.54, 1.807) is 6.07 Å². The number of nitrogens with zero attached hydrogens (tertiary/aromatic N) is 1. The summed E-state index contributed by atoms with van der Waals surface area (Å²) < 4.78 is 20.0. The van der Waals surface area contributed by atoms with Crippen LogP contribution in [0.1, 0.15) is 28.9 Å². The number of aromatic carboxylic acids is 1. The molecule has 6 heteroatoms. The van der Waals surface area contributed by atoms with E-state index in [0.29, 0.717) is 31.9 Å². The molecule has 0 saturated carbocycles. The first-order chi connectivity index (χ1) is 14.5. The number of nitrogens with one attached hydrogen (secondary N) is 1. The highest BCUT2D eigenvalue weighted by Gasteiger charge is 2.23. The summed E-state index contributed by atoms with van der Waals surface area (Å²) in [5.74, 6) is -1.98. The SMILES string of the molecule is C[C@@H](NCC1CN(c2ccc(C(=O)O)c(F)c2)CCO1)c1cccc2ccccc12. The van der Waals surface area contributed by atoms with Gasteiger partial charge in [0.2, 0.25) is 0 Å². The normalized spacial score (nSPS) is 17.8. The van der Waals surface area contributed by atoms with Gasteiger partial charge in [0.1, 0.15) is 5.82 Å². The number of rotatable bonds is 6. The van der Waals surface area contributed by atoms with Gasteiger partial charge in [-0.05, 0) is 41.5 Å². The van der Waals surface area contributed by atoms with Gasteiger partial charge >= 0.3 is 5.97 Å². The zero-order valence-corrected chi connectivity index (χ0v) is 16.8. The van der Waals surface area contributed by atoms with E-state index >= 15 is 0 Å². The molecule has 0 aromatic heterocycles. The van der Waals surface area contributed by atoms with Gasteiger partial charge in [-0.3, -0.25) is 0 Å². The number of hydrogen-bond acceptors (Lipinski definition) is 4. The largest absolute Gasteiger partial charge is 0.478 e. The predicted molar refractivity (Wildman–Crippen MR) is 116 cm³/mol. The topological polar surface area (TPSA) is 61.8 Å². The molecular weight excluding hydrogens is 383 g/mol. The first kappa shape index (κ1) is 20.3. The summed E-state index contributed by atoms with van der Waals surface area (Å²) in [7, 11) is 0. The molecule has 0 radical (unpaired) electrons. The average Bonchev–Trinajstić information content (AvgIpc) is 2.77. The van der Waals surface area contributed by atoms with Crippen LogP contribution in [0.4, 0.5) is 10.1 Å². The Morgan fingerprint density at radius 2 is 2.03 bits per heavy atom. The summed E-state index contributed by atoms with van der Waals surface area (Å²) in [5, 5.41) is 15.0. The van der Waals surface area contributed by atoms with E-state index in [0.717, 1.165) is 0 Å². The number of morpholine rings is 1. The minimum atomic E-state index is -1.26. The Morgan fingerprint density at radius 1 is 1.23 bits per heavy atom. The third-order valence-electron chi connectivity index (χ3n) is 5.63. The Bertz CT molecular complexity index is 1050. The van der Waals surface area contributed by atoms with Crippen LogP contribution in [0.25, 0.3) is 10.8 Å². The number of halogens is 1. The number of benzene rings is 3. The minimum Gasteiger partial charge on any atom is -0.478 e. The van der Waals surface area contributed by atoms with Crippen LogP contribution in [-0.4, -0.2) is 43.4 Å². The van der Waals surface area contributed by atoms with Gasteiger partial charge in [-0.15, -0.1) is 0 Å². The van der Waals surface area contributed by atoms with E-state index in [9.17, 15) is 9.18 Å². The van der Waals surface area contributed by atoms with Crippen LogP contribution in [0.3, 0.4) is 0 Å². The number of carboxylic acids is 1. The summed E-state index contributed by atoms with van der Waals surface area (Å²) in [4.78, 5) is 13.1. The van der Waals surface area contributed by atoms with Crippen molar-refractivity contribution in [2.75, 3.05) is 31.1 Å². The second kappa shape index (κ2) is 8.81.